The number of piperidine rings is 1. The summed E-state index contributed by atoms with van der Waals surface area (Å²) >= 11 is 0. The summed E-state index contributed by atoms with van der Waals surface area (Å²) in [6, 6.07) is 8.78. The fraction of sp³-hybridized carbons (Fsp3) is 0.667. The van der Waals surface area contributed by atoms with E-state index in [0.717, 1.165) is 37.8 Å². The lowest BCUT2D eigenvalue weighted by molar-refractivity contribution is -0.121. The minimum Gasteiger partial charge on any atom is -0.497 e. The third-order valence-electron chi connectivity index (χ3n) is 5.76. The average Bonchev–Trinajstić information content (AvgIpc) is 2.80. The standard InChI is InChI=1S/C24H41N5O2/c1-5-19(3)28-23(30)14-15-26-24(25-6-2)27-18-22(29-16-8-7-9-17-29)20-10-12-21(31-4)13-11-20/h10-13,19,22H,5-9,14-18H2,1-4H3,(H,28,30)(H2,25,26,27). The maximum Gasteiger partial charge on any atom is 0.221 e. The number of hydrogen-bond donors (Lipinski definition) is 3. The summed E-state index contributed by atoms with van der Waals surface area (Å²) in [7, 11) is 1.69. The molecule has 1 aromatic rings. The fourth-order valence-electron chi connectivity index (χ4n) is 3.75. The number of likely N-dealkylation sites (tertiary alicyclic amines) is 1. The van der Waals surface area contributed by atoms with Crippen molar-refractivity contribution in [2.45, 2.75) is 65.0 Å². The number of amides is 1. The molecule has 2 rings (SSSR count). The van der Waals surface area contributed by atoms with Crippen LogP contribution < -0.4 is 20.7 Å². The maximum absolute atomic E-state index is 12.0. The number of methoxy groups -OCH3 is 1. The van der Waals surface area contributed by atoms with Gasteiger partial charge < -0.3 is 20.7 Å². The Kier molecular flexibility index (Phi) is 11.2. The Hall–Kier alpha value is -2.28. The van der Waals surface area contributed by atoms with Crippen LogP contribution in [0, 0.1) is 0 Å². The van der Waals surface area contributed by atoms with Crippen molar-refractivity contribution in [3.05, 3.63) is 29.8 Å². The fourth-order valence-corrected chi connectivity index (χ4v) is 3.75. The first kappa shape index (κ1) is 25.0. The number of hydrogen-bond acceptors (Lipinski definition) is 4. The minimum atomic E-state index is 0.0714. The molecule has 174 valence electrons. The van der Waals surface area contributed by atoms with Crippen LogP contribution >= 0.6 is 0 Å². The van der Waals surface area contributed by atoms with Crippen molar-refractivity contribution in [2.75, 3.05) is 39.8 Å². The van der Waals surface area contributed by atoms with Gasteiger partial charge in [0.2, 0.25) is 5.91 Å². The van der Waals surface area contributed by atoms with Crippen LogP contribution in [0.3, 0.4) is 0 Å². The first-order valence-corrected chi connectivity index (χ1v) is 11.8. The molecule has 3 N–H and O–H groups in total. The van der Waals surface area contributed by atoms with E-state index in [9.17, 15) is 4.79 Å². The van der Waals surface area contributed by atoms with Crippen molar-refractivity contribution < 1.29 is 9.53 Å². The molecule has 0 aromatic heterocycles. The number of guanidine groups is 1. The first-order chi connectivity index (χ1) is 15.1. The van der Waals surface area contributed by atoms with E-state index in [1.807, 2.05) is 19.1 Å². The number of ether oxygens (including phenoxy) is 1. The van der Waals surface area contributed by atoms with Crippen LogP contribution in [0.25, 0.3) is 0 Å². The van der Waals surface area contributed by atoms with E-state index in [0.29, 0.717) is 19.5 Å². The molecule has 0 radical (unpaired) electrons. The smallest absolute Gasteiger partial charge is 0.221 e. The van der Waals surface area contributed by atoms with Crippen molar-refractivity contribution in [1.29, 1.82) is 0 Å². The molecule has 7 heteroatoms. The largest absolute Gasteiger partial charge is 0.497 e. The monoisotopic (exact) mass is 431 g/mol. The van der Waals surface area contributed by atoms with Gasteiger partial charge in [0, 0.05) is 25.6 Å². The predicted molar refractivity (Wildman–Crippen MR) is 128 cm³/mol. The van der Waals surface area contributed by atoms with Crippen LogP contribution in [0.1, 0.15) is 64.5 Å². The average molecular weight is 432 g/mol. The minimum absolute atomic E-state index is 0.0714. The number of benzene rings is 1. The van der Waals surface area contributed by atoms with E-state index >= 15 is 0 Å². The Labute approximate surface area is 188 Å². The molecule has 1 saturated heterocycles. The Bertz CT molecular complexity index is 671. The summed E-state index contributed by atoms with van der Waals surface area (Å²) in [6.07, 6.45) is 5.15. The van der Waals surface area contributed by atoms with Gasteiger partial charge >= 0.3 is 0 Å². The molecule has 0 aliphatic carbocycles. The topological polar surface area (TPSA) is 78.0 Å². The zero-order valence-corrected chi connectivity index (χ0v) is 19.7. The van der Waals surface area contributed by atoms with Crippen LogP contribution in [-0.4, -0.2) is 62.6 Å². The molecular formula is C24H41N5O2. The van der Waals surface area contributed by atoms with Crippen molar-refractivity contribution >= 4 is 11.9 Å². The van der Waals surface area contributed by atoms with E-state index in [-0.39, 0.29) is 18.0 Å². The SMILES string of the molecule is CCNC(=NCC(c1ccc(OC)cc1)N1CCCCC1)NCCC(=O)NC(C)CC. The van der Waals surface area contributed by atoms with Gasteiger partial charge in [-0.1, -0.05) is 25.5 Å². The normalized spacial score (nSPS) is 17.0. The second-order valence-corrected chi connectivity index (χ2v) is 8.16. The molecule has 1 heterocycles. The molecule has 2 unspecified atom stereocenters. The molecule has 7 nitrogen and oxygen atoms in total. The van der Waals surface area contributed by atoms with Gasteiger partial charge in [-0.25, -0.2) is 0 Å². The van der Waals surface area contributed by atoms with E-state index in [1.165, 1.54) is 24.8 Å². The molecule has 1 fully saturated rings. The Morgan fingerprint density at radius 2 is 1.84 bits per heavy atom. The Morgan fingerprint density at radius 3 is 2.45 bits per heavy atom. The van der Waals surface area contributed by atoms with Gasteiger partial charge in [-0.15, -0.1) is 0 Å². The molecule has 1 aromatic carbocycles. The van der Waals surface area contributed by atoms with E-state index in [1.54, 1.807) is 7.11 Å². The zero-order chi connectivity index (χ0) is 22.5. The Balaban J connectivity index is 2.02. The van der Waals surface area contributed by atoms with Crippen LogP contribution in [-0.2, 0) is 4.79 Å². The van der Waals surface area contributed by atoms with Gasteiger partial charge in [0.05, 0.1) is 19.7 Å². The van der Waals surface area contributed by atoms with Gasteiger partial charge in [-0.05, 0) is 63.9 Å². The summed E-state index contributed by atoms with van der Waals surface area (Å²) in [5.41, 5.74) is 1.26. The molecule has 1 aliphatic heterocycles. The highest BCUT2D eigenvalue weighted by Gasteiger charge is 2.22. The quantitative estimate of drug-likeness (QED) is 0.371. The molecule has 1 amide bonds. The van der Waals surface area contributed by atoms with Crippen LogP contribution in [0.2, 0.25) is 0 Å². The first-order valence-electron chi connectivity index (χ1n) is 11.8. The number of aliphatic imine (C=N–C) groups is 1. The van der Waals surface area contributed by atoms with Gasteiger partial charge in [-0.2, -0.15) is 0 Å². The van der Waals surface area contributed by atoms with Crippen molar-refractivity contribution in [3.63, 3.8) is 0 Å². The van der Waals surface area contributed by atoms with Crippen molar-refractivity contribution in [1.82, 2.24) is 20.9 Å². The molecule has 31 heavy (non-hydrogen) atoms. The summed E-state index contributed by atoms with van der Waals surface area (Å²) in [5.74, 6) is 1.70. The molecule has 0 saturated carbocycles. The van der Waals surface area contributed by atoms with Gasteiger partial charge in [-0.3, -0.25) is 14.7 Å². The van der Waals surface area contributed by atoms with Crippen LogP contribution in [0.5, 0.6) is 5.75 Å². The zero-order valence-electron chi connectivity index (χ0n) is 19.7. The number of nitrogens with one attached hydrogen (secondary N) is 3. The summed E-state index contributed by atoms with van der Waals surface area (Å²) in [6.45, 7) is 10.4. The molecule has 2 atom stereocenters. The third kappa shape index (κ3) is 8.77. The number of carbonyl (C=O) groups excluding carboxylic acids is 1. The van der Waals surface area contributed by atoms with Crippen LogP contribution in [0.15, 0.2) is 29.3 Å². The van der Waals surface area contributed by atoms with Crippen molar-refractivity contribution in [2.24, 2.45) is 4.99 Å². The highest BCUT2D eigenvalue weighted by atomic mass is 16.5. The second-order valence-electron chi connectivity index (χ2n) is 8.16. The van der Waals surface area contributed by atoms with Crippen molar-refractivity contribution in [3.8, 4) is 5.75 Å². The van der Waals surface area contributed by atoms with E-state index < -0.39 is 0 Å². The molecular weight excluding hydrogens is 390 g/mol. The summed E-state index contributed by atoms with van der Waals surface area (Å²) in [5, 5.41) is 9.62. The lowest BCUT2D eigenvalue weighted by Crippen LogP contribution is -2.41. The molecule has 0 spiro atoms. The Morgan fingerprint density at radius 1 is 1.13 bits per heavy atom. The number of carbonyl (C=O) groups is 1. The lowest BCUT2D eigenvalue weighted by atomic mass is 10.0. The van der Waals surface area contributed by atoms with E-state index in [4.69, 9.17) is 9.73 Å². The maximum atomic E-state index is 12.0. The predicted octanol–water partition coefficient (Wildman–Crippen LogP) is 3.08. The number of nitrogens with zero attached hydrogens (tertiary/aromatic N) is 2. The highest BCUT2D eigenvalue weighted by molar-refractivity contribution is 5.81. The van der Waals surface area contributed by atoms with Gasteiger partial charge in [0.1, 0.15) is 5.75 Å². The molecule has 0 bridgehead atoms. The molecule has 1 aliphatic rings. The summed E-state index contributed by atoms with van der Waals surface area (Å²) in [4.78, 5) is 19.4. The van der Waals surface area contributed by atoms with Crippen LogP contribution in [0.4, 0.5) is 0 Å². The third-order valence-corrected chi connectivity index (χ3v) is 5.76. The highest BCUT2D eigenvalue weighted by Crippen LogP contribution is 2.26. The van der Waals surface area contributed by atoms with E-state index in [2.05, 4.69) is 46.8 Å². The second kappa shape index (κ2) is 13.9. The van der Waals surface area contributed by atoms with Gasteiger partial charge in [0.25, 0.3) is 0 Å². The summed E-state index contributed by atoms with van der Waals surface area (Å²) < 4.78 is 5.33. The van der Waals surface area contributed by atoms with Gasteiger partial charge in [0.15, 0.2) is 5.96 Å². The lowest BCUT2D eigenvalue weighted by Gasteiger charge is -2.34. The number of rotatable bonds is 11.